The quantitative estimate of drug-likeness (QED) is 0.810. The summed E-state index contributed by atoms with van der Waals surface area (Å²) in [7, 11) is 0. The zero-order chi connectivity index (χ0) is 14.8. The Balaban J connectivity index is 1.89. The summed E-state index contributed by atoms with van der Waals surface area (Å²) in [5.41, 5.74) is 1.42. The van der Waals surface area contributed by atoms with Crippen LogP contribution in [0.1, 0.15) is 21.5 Å². The number of rotatable bonds is 4. The minimum atomic E-state index is -0.516. The van der Waals surface area contributed by atoms with Crippen LogP contribution in [-0.4, -0.2) is 25.1 Å². The molecule has 0 unspecified atom stereocenters. The van der Waals surface area contributed by atoms with Gasteiger partial charge in [0.05, 0.1) is 18.8 Å². The first-order valence-electron chi connectivity index (χ1n) is 6.79. The van der Waals surface area contributed by atoms with Gasteiger partial charge in [0, 0.05) is 5.56 Å². The van der Waals surface area contributed by atoms with Crippen LogP contribution in [0.3, 0.4) is 0 Å². The van der Waals surface area contributed by atoms with Gasteiger partial charge in [-0.1, -0.05) is 24.3 Å². The monoisotopic (exact) mass is 286 g/mol. The first-order valence-corrected chi connectivity index (χ1v) is 6.79. The topological polar surface area (TPSA) is 35.5 Å². The van der Waals surface area contributed by atoms with Crippen molar-refractivity contribution in [3.63, 3.8) is 0 Å². The summed E-state index contributed by atoms with van der Waals surface area (Å²) in [6.45, 7) is 3.03. The third-order valence-corrected chi connectivity index (χ3v) is 3.47. The molecule has 0 saturated carbocycles. The fourth-order valence-corrected chi connectivity index (χ4v) is 2.13. The normalized spacial score (nSPS) is 14.6. The second-order valence-electron chi connectivity index (χ2n) is 5.07. The lowest BCUT2D eigenvalue weighted by Crippen LogP contribution is -2.38. The number of hydrogen-bond acceptors (Lipinski definition) is 3. The summed E-state index contributed by atoms with van der Waals surface area (Å²) in [6.07, 6.45) is 0.0301. The van der Waals surface area contributed by atoms with E-state index in [1.54, 1.807) is 24.3 Å². The van der Waals surface area contributed by atoms with Gasteiger partial charge in [-0.2, -0.15) is 0 Å². The predicted octanol–water partition coefficient (Wildman–Crippen LogP) is 3.14. The average Bonchev–Trinajstić information content (AvgIpc) is 2.44. The zero-order valence-corrected chi connectivity index (χ0v) is 11.6. The van der Waals surface area contributed by atoms with Gasteiger partial charge in [0.2, 0.25) is 0 Å². The molecule has 1 saturated heterocycles. The number of aryl methyl sites for hydroxylation is 1. The van der Waals surface area contributed by atoms with E-state index in [-0.39, 0.29) is 17.5 Å². The molecule has 1 fully saturated rings. The van der Waals surface area contributed by atoms with Crippen molar-refractivity contribution in [2.75, 3.05) is 13.2 Å². The molecule has 2 aromatic rings. The van der Waals surface area contributed by atoms with Crippen LogP contribution in [0.4, 0.5) is 4.39 Å². The molecule has 0 bridgehead atoms. The highest BCUT2D eigenvalue weighted by Crippen LogP contribution is 2.24. The van der Waals surface area contributed by atoms with E-state index in [0.717, 1.165) is 5.56 Å². The van der Waals surface area contributed by atoms with Crippen molar-refractivity contribution in [3.05, 3.63) is 65.0 Å². The van der Waals surface area contributed by atoms with E-state index in [4.69, 9.17) is 9.47 Å². The highest BCUT2D eigenvalue weighted by molar-refractivity contribution is 6.09. The summed E-state index contributed by atoms with van der Waals surface area (Å²) in [5.74, 6) is -0.216. The van der Waals surface area contributed by atoms with E-state index < -0.39 is 5.82 Å². The molecule has 0 radical (unpaired) electrons. The number of benzene rings is 2. The number of carbonyl (C=O) groups is 1. The molecule has 0 N–H and O–H groups in total. The Kier molecular flexibility index (Phi) is 3.71. The van der Waals surface area contributed by atoms with Gasteiger partial charge >= 0.3 is 0 Å². The van der Waals surface area contributed by atoms with Crippen LogP contribution in [0.25, 0.3) is 0 Å². The molecule has 21 heavy (non-hydrogen) atoms. The van der Waals surface area contributed by atoms with Gasteiger partial charge in [0.25, 0.3) is 0 Å². The standard InChI is InChI=1S/C17H15FO3/c1-11-6-7-12(8-16(11)21-13-9-20-10-13)17(19)14-4-2-3-5-15(14)18/h2-8,13H,9-10H2,1H3. The molecule has 0 amide bonds. The van der Waals surface area contributed by atoms with E-state index in [2.05, 4.69) is 0 Å². The molecule has 3 rings (SSSR count). The number of ketones is 1. The zero-order valence-electron chi connectivity index (χ0n) is 11.6. The Morgan fingerprint density at radius 1 is 1.24 bits per heavy atom. The lowest BCUT2D eigenvalue weighted by molar-refractivity contribution is -0.0799. The third-order valence-electron chi connectivity index (χ3n) is 3.47. The number of hydrogen-bond donors (Lipinski definition) is 0. The molecular weight excluding hydrogens is 271 g/mol. The van der Waals surface area contributed by atoms with E-state index in [1.165, 1.54) is 12.1 Å². The van der Waals surface area contributed by atoms with E-state index in [1.807, 2.05) is 13.0 Å². The van der Waals surface area contributed by atoms with Crippen molar-refractivity contribution in [1.82, 2.24) is 0 Å². The molecule has 3 nitrogen and oxygen atoms in total. The van der Waals surface area contributed by atoms with Gasteiger partial charge in [0.1, 0.15) is 17.7 Å². The Bertz CT molecular complexity index is 677. The minimum Gasteiger partial charge on any atom is -0.485 e. The summed E-state index contributed by atoms with van der Waals surface area (Å²) in [5, 5.41) is 0. The molecule has 108 valence electrons. The van der Waals surface area contributed by atoms with E-state index >= 15 is 0 Å². The predicted molar refractivity (Wildman–Crippen MR) is 76.2 cm³/mol. The van der Waals surface area contributed by atoms with Gasteiger partial charge in [-0.3, -0.25) is 4.79 Å². The van der Waals surface area contributed by atoms with E-state index in [9.17, 15) is 9.18 Å². The molecule has 1 heterocycles. The van der Waals surface area contributed by atoms with Crippen molar-refractivity contribution in [3.8, 4) is 5.75 Å². The molecule has 4 heteroatoms. The van der Waals surface area contributed by atoms with Gasteiger partial charge in [-0.25, -0.2) is 4.39 Å². The third kappa shape index (κ3) is 2.81. The van der Waals surface area contributed by atoms with Gasteiger partial charge in [-0.15, -0.1) is 0 Å². The highest BCUT2D eigenvalue weighted by Gasteiger charge is 2.22. The number of ether oxygens (including phenoxy) is 2. The SMILES string of the molecule is Cc1ccc(C(=O)c2ccccc2F)cc1OC1COC1. The molecular formula is C17H15FO3. The van der Waals surface area contributed by atoms with Gasteiger partial charge < -0.3 is 9.47 Å². The minimum absolute atomic E-state index is 0.0301. The van der Waals surface area contributed by atoms with Crippen LogP contribution in [0, 0.1) is 12.7 Å². The number of halogens is 1. The average molecular weight is 286 g/mol. The molecule has 0 aromatic heterocycles. The lowest BCUT2D eigenvalue weighted by Gasteiger charge is -2.27. The largest absolute Gasteiger partial charge is 0.485 e. The lowest BCUT2D eigenvalue weighted by atomic mass is 10.0. The maximum absolute atomic E-state index is 13.7. The maximum Gasteiger partial charge on any atom is 0.196 e. The Morgan fingerprint density at radius 2 is 2.00 bits per heavy atom. The first-order chi connectivity index (χ1) is 10.1. The fourth-order valence-electron chi connectivity index (χ4n) is 2.13. The van der Waals surface area contributed by atoms with Crippen LogP contribution in [0.15, 0.2) is 42.5 Å². The van der Waals surface area contributed by atoms with E-state index in [0.29, 0.717) is 24.5 Å². The van der Waals surface area contributed by atoms with Crippen LogP contribution < -0.4 is 4.74 Å². The van der Waals surface area contributed by atoms with Crippen LogP contribution in [0.5, 0.6) is 5.75 Å². The van der Waals surface area contributed by atoms with Gasteiger partial charge in [-0.05, 0) is 30.7 Å². The number of carbonyl (C=O) groups excluding carboxylic acids is 1. The molecule has 1 aliphatic rings. The summed E-state index contributed by atoms with van der Waals surface area (Å²) < 4.78 is 24.5. The van der Waals surface area contributed by atoms with Crippen molar-refractivity contribution < 1.29 is 18.7 Å². The second kappa shape index (κ2) is 5.66. The molecule has 2 aromatic carbocycles. The summed E-state index contributed by atoms with van der Waals surface area (Å²) >= 11 is 0. The van der Waals surface area contributed by atoms with Crippen LogP contribution in [0.2, 0.25) is 0 Å². The van der Waals surface area contributed by atoms with Crippen molar-refractivity contribution in [2.45, 2.75) is 13.0 Å². The van der Waals surface area contributed by atoms with Crippen molar-refractivity contribution in [1.29, 1.82) is 0 Å². The summed E-state index contributed by atoms with van der Waals surface area (Å²) in [6, 6.07) is 11.1. The van der Waals surface area contributed by atoms with Crippen LogP contribution in [-0.2, 0) is 4.74 Å². The fraction of sp³-hybridized carbons (Fsp3) is 0.235. The van der Waals surface area contributed by atoms with Crippen molar-refractivity contribution >= 4 is 5.78 Å². The molecule has 1 aliphatic heterocycles. The maximum atomic E-state index is 13.7. The Morgan fingerprint density at radius 3 is 2.67 bits per heavy atom. The molecule has 0 atom stereocenters. The van der Waals surface area contributed by atoms with Gasteiger partial charge in [0.15, 0.2) is 5.78 Å². The Labute approximate surface area is 122 Å². The molecule has 0 spiro atoms. The van der Waals surface area contributed by atoms with Crippen molar-refractivity contribution in [2.24, 2.45) is 0 Å². The Hall–Kier alpha value is -2.20. The van der Waals surface area contributed by atoms with Crippen LogP contribution >= 0.6 is 0 Å². The highest BCUT2D eigenvalue weighted by atomic mass is 19.1. The smallest absolute Gasteiger partial charge is 0.196 e. The second-order valence-corrected chi connectivity index (χ2v) is 5.07. The summed E-state index contributed by atoms with van der Waals surface area (Å²) in [4.78, 5) is 12.4. The molecule has 0 aliphatic carbocycles. The first kappa shape index (κ1) is 13.8.